The summed E-state index contributed by atoms with van der Waals surface area (Å²) in [5.41, 5.74) is 3.94. The Morgan fingerprint density at radius 2 is 2.29 bits per heavy atom. The number of aryl methyl sites for hydroxylation is 2. The van der Waals surface area contributed by atoms with E-state index in [9.17, 15) is 4.79 Å². The van der Waals surface area contributed by atoms with E-state index < -0.39 is 5.97 Å². The van der Waals surface area contributed by atoms with Crippen LogP contribution in [0.2, 0.25) is 0 Å². The van der Waals surface area contributed by atoms with Crippen molar-refractivity contribution in [3.8, 4) is 11.4 Å². The van der Waals surface area contributed by atoms with Crippen molar-refractivity contribution in [3.63, 3.8) is 0 Å². The van der Waals surface area contributed by atoms with Gasteiger partial charge in [-0.05, 0) is 30.9 Å². The molecule has 2 aromatic heterocycles. The van der Waals surface area contributed by atoms with Crippen LogP contribution in [-0.4, -0.2) is 26.0 Å². The first-order valence-electron chi connectivity index (χ1n) is 5.43. The van der Waals surface area contributed by atoms with Crippen LogP contribution in [0.25, 0.3) is 11.4 Å². The number of nitrogens with one attached hydrogen (secondary N) is 1. The van der Waals surface area contributed by atoms with Gasteiger partial charge in [0, 0.05) is 12.4 Å². The highest BCUT2D eigenvalue weighted by molar-refractivity contribution is 5.92. The van der Waals surface area contributed by atoms with Crippen molar-refractivity contribution in [1.29, 1.82) is 0 Å². The summed E-state index contributed by atoms with van der Waals surface area (Å²) in [6, 6.07) is 0. The normalized spacial score (nSPS) is 13.0. The molecule has 0 spiro atoms. The van der Waals surface area contributed by atoms with E-state index in [4.69, 9.17) is 5.11 Å². The number of aromatic carboxylic acids is 1. The van der Waals surface area contributed by atoms with Gasteiger partial charge in [-0.3, -0.25) is 0 Å². The monoisotopic (exact) mass is 229 g/mol. The van der Waals surface area contributed by atoms with Crippen molar-refractivity contribution in [2.75, 3.05) is 0 Å². The highest BCUT2D eigenvalue weighted by Crippen LogP contribution is 2.32. The number of nitrogens with zero attached hydrogens (tertiary/aromatic N) is 2. The Bertz CT molecular complexity index is 616. The van der Waals surface area contributed by atoms with Gasteiger partial charge < -0.3 is 10.1 Å². The largest absolute Gasteiger partial charge is 0.478 e. The Hall–Kier alpha value is -2.17. The van der Waals surface area contributed by atoms with Crippen molar-refractivity contribution in [3.05, 3.63) is 34.9 Å². The molecule has 0 saturated carbocycles. The van der Waals surface area contributed by atoms with Gasteiger partial charge in [-0.1, -0.05) is 0 Å². The second kappa shape index (κ2) is 3.41. The maximum absolute atomic E-state index is 11.1. The molecule has 1 aliphatic carbocycles. The smallest absolute Gasteiger partial charge is 0.337 e. The lowest BCUT2D eigenvalue weighted by Gasteiger charge is -2.15. The maximum Gasteiger partial charge on any atom is 0.337 e. The van der Waals surface area contributed by atoms with E-state index in [0.717, 1.165) is 35.4 Å². The molecular formula is C12H11N3O2. The summed E-state index contributed by atoms with van der Waals surface area (Å²) in [5.74, 6) is -0.195. The van der Waals surface area contributed by atoms with Crippen molar-refractivity contribution in [2.24, 2.45) is 0 Å². The molecule has 17 heavy (non-hydrogen) atoms. The average Bonchev–Trinajstić information content (AvgIpc) is 2.72. The molecule has 2 heterocycles. The van der Waals surface area contributed by atoms with Crippen molar-refractivity contribution in [2.45, 2.75) is 19.8 Å². The topological polar surface area (TPSA) is 78.9 Å². The van der Waals surface area contributed by atoms with E-state index in [0.29, 0.717) is 11.4 Å². The maximum atomic E-state index is 11.1. The highest BCUT2D eigenvalue weighted by atomic mass is 16.4. The SMILES string of the molecule is Cc1ncc2c(n1)-c1[nH]cc(C(=O)O)c1CC2. The number of H-pyrrole nitrogens is 1. The molecule has 2 aromatic rings. The quantitative estimate of drug-likeness (QED) is 0.778. The molecule has 0 saturated heterocycles. The van der Waals surface area contributed by atoms with Gasteiger partial charge in [0.15, 0.2) is 0 Å². The van der Waals surface area contributed by atoms with E-state index in [2.05, 4.69) is 15.0 Å². The summed E-state index contributed by atoms with van der Waals surface area (Å²) in [7, 11) is 0. The first kappa shape index (κ1) is 10.0. The summed E-state index contributed by atoms with van der Waals surface area (Å²) in [6.07, 6.45) is 4.88. The minimum absolute atomic E-state index is 0.349. The second-order valence-electron chi connectivity index (χ2n) is 4.15. The molecule has 0 aliphatic heterocycles. The lowest BCUT2D eigenvalue weighted by molar-refractivity contribution is 0.0696. The highest BCUT2D eigenvalue weighted by Gasteiger charge is 2.24. The second-order valence-corrected chi connectivity index (χ2v) is 4.15. The van der Waals surface area contributed by atoms with Gasteiger partial charge in [0.05, 0.1) is 17.0 Å². The van der Waals surface area contributed by atoms with Crippen LogP contribution in [0.5, 0.6) is 0 Å². The zero-order chi connectivity index (χ0) is 12.0. The number of carbonyl (C=O) groups is 1. The summed E-state index contributed by atoms with van der Waals surface area (Å²) in [4.78, 5) is 22.6. The van der Waals surface area contributed by atoms with Crippen LogP contribution in [0.4, 0.5) is 0 Å². The standard InChI is InChI=1S/C12H11N3O2/c1-6-13-4-7-2-3-8-9(12(16)17)5-14-11(8)10(7)15-6/h4-5,14H,2-3H2,1H3,(H,16,17). The van der Waals surface area contributed by atoms with Gasteiger partial charge in [0.25, 0.3) is 0 Å². The van der Waals surface area contributed by atoms with Crippen molar-refractivity contribution in [1.82, 2.24) is 15.0 Å². The van der Waals surface area contributed by atoms with Crippen molar-refractivity contribution < 1.29 is 9.90 Å². The molecule has 0 atom stereocenters. The number of fused-ring (bicyclic) bond motifs is 3. The van der Waals surface area contributed by atoms with Crippen LogP contribution in [0, 0.1) is 6.92 Å². The minimum atomic E-state index is -0.892. The minimum Gasteiger partial charge on any atom is -0.478 e. The van der Waals surface area contributed by atoms with Crippen LogP contribution in [-0.2, 0) is 12.8 Å². The van der Waals surface area contributed by atoms with E-state index in [1.165, 1.54) is 0 Å². The van der Waals surface area contributed by atoms with Gasteiger partial charge in [-0.15, -0.1) is 0 Å². The third kappa shape index (κ3) is 1.43. The van der Waals surface area contributed by atoms with Crippen molar-refractivity contribution >= 4 is 5.97 Å². The molecule has 0 amide bonds. The number of hydrogen-bond acceptors (Lipinski definition) is 3. The first-order valence-corrected chi connectivity index (χ1v) is 5.43. The van der Waals surface area contributed by atoms with Gasteiger partial charge in [-0.25, -0.2) is 14.8 Å². The molecule has 2 N–H and O–H groups in total. The van der Waals surface area contributed by atoms with Gasteiger partial charge in [0.1, 0.15) is 5.82 Å². The number of hydrogen-bond donors (Lipinski definition) is 2. The summed E-state index contributed by atoms with van der Waals surface area (Å²) >= 11 is 0. The van der Waals surface area contributed by atoms with Crippen LogP contribution in [0.15, 0.2) is 12.4 Å². The molecule has 86 valence electrons. The lowest BCUT2D eigenvalue weighted by atomic mass is 9.93. The third-order valence-corrected chi connectivity index (χ3v) is 3.08. The third-order valence-electron chi connectivity index (χ3n) is 3.08. The average molecular weight is 229 g/mol. The zero-order valence-electron chi connectivity index (χ0n) is 9.32. The van der Waals surface area contributed by atoms with Gasteiger partial charge in [0.2, 0.25) is 0 Å². The molecule has 1 aliphatic rings. The molecule has 0 fully saturated rings. The van der Waals surface area contributed by atoms with Crippen LogP contribution >= 0.6 is 0 Å². The Kier molecular flexibility index (Phi) is 2.01. The Morgan fingerprint density at radius 3 is 3.06 bits per heavy atom. The number of rotatable bonds is 1. The summed E-state index contributed by atoms with van der Waals surface area (Å²) in [6.45, 7) is 1.83. The summed E-state index contributed by atoms with van der Waals surface area (Å²) < 4.78 is 0. The Morgan fingerprint density at radius 1 is 1.47 bits per heavy atom. The van der Waals surface area contributed by atoms with E-state index in [1.807, 2.05) is 13.1 Å². The molecule has 5 heteroatoms. The predicted molar refractivity (Wildman–Crippen MR) is 60.9 cm³/mol. The lowest BCUT2D eigenvalue weighted by Crippen LogP contribution is -2.09. The summed E-state index contributed by atoms with van der Waals surface area (Å²) in [5, 5.41) is 9.08. The Labute approximate surface area is 97.5 Å². The number of aromatic nitrogens is 3. The van der Waals surface area contributed by atoms with E-state index >= 15 is 0 Å². The first-order chi connectivity index (χ1) is 8.16. The molecule has 0 bridgehead atoms. The number of carboxylic acids is 1. The zero-order valence-corrected chi connectivity index (χ0v) is 9.32. The predicted octanol–water partition coefficient (Wildman–Crippen LogP) is 1.58. The molecular weight excluding hydrogens is 218 g/mol. The molecule has 0 aromatic carbocycles. The van der Waals surface area contributed by atoms with Gasteiger partial charge in [-0.2, -0.15) is 0 Å². The van der Waals surface area contributed by atoms with E-state index in [1.54, 1.807) is 6.20 Å². The number of carboxylic acid groups (broad SMARTS) is 1. The van der Waals surface area contributed by atoms with E-state index in [-0.39, 0.29) is 0 Å². The molecule has 0 radical (unpaired) electrons. The molecule has 0 unspecified atom stereocenters. The van der Waals surface area contributed by atoms with Gasteiger partial charge >= 0.3 is 5.97 Å². The van der Waals surface area contributed by atoms with Crippen LogP contribution < -0.4 is 0 Å². The van der Waals surface area contributed by atoms with Crippen LogP contribution in [0.1, 0.15) is 27.3 Å². The fourth-order valence-corrected chi connectivity index (χ4v) is 2.27. The molecule has 3 rings (SSSR count). The molecule has 5 nitrogen and oxygen atoms in total. The fraction of sp³-hybridized carbons (Fsp3) is 0.250. The number of aromatic amines is 1. The fourth-order valence-electron chi connectivity index (χ4n) is 2.27. The Balaban J connectivity index is 2.23. The van der Waals surface area contributed by atoms with Crippen LogP contribution in [0.3, 0.4) is 0 Å².